The van der Waals surface area contributed by atoms with Crippen molar-refractivity contribution in [3.05, 3.63) is 23.8 Å². The second-order valence-corrected chi connectivity index (χ2v) is 6.29. The molecule has 2 unspecified atom stereocenters. The Morgan fingerprint density at radius 2 is 1.73 bits per heavy atom. The minimum Gasteiger partial charge on any atom is -0.371 e. The maximum absolute atomic E-state index is 5.88. The van der Waals surface area contributed by atoms with Crippen LogP contribution in [0.25, 0.3) is 10.2 Å². The van der Waals surface area contributed by atoms with Gasteiger partial charge in [-0.05, 0) is 31.4 Å². The third-order valence-electron chi connectivity index (χ3n) is 3.92. The van der Waals surface area contributed by atoms with E-state index in [1.807, 2.05) is 39.0 Å². The molecule has 0 amide bonds. The lowest BCUT2D eigenvalue weighted by atomic mass is 10.2. The summed E-state index contributed by atoms with van der Waals surface area (Å²) in [5.41, 5.74) is 2.43. The number of morpholine rings is 1. The van der Waals surface area contributed by atoms with Crippen LogP contribution >= 0.6 is 11.3 Å². The Bertz CT molecular complexity index is 584. The molecule has 3 heterocycles. The summed E-state index contributed by atoms with van der Waals surface area (Å²) in [5, 5.41) is 1.17. The summed E-state index contributed by atoms with van der Waals surface area (Å²) in [6.45, 7) is 12.2. The second-order valence-electron chi connectivity index (χ2n) is 5.28. The number of fused-ring (bicyclic) bond motifs is 3. The van der Waals surface area contributed by atoms with Gasteiger partial charge in [0.2, 0.25) is 0 Å². The lowest BCUT2D eigenvalue weighted by Gasteiger charge is -2.31. The quantitative estimate of drug-likeness (QED) is 0.737. The van der Waals surface area contributed by atoms with Crippen LogP contribution in [0, 0.1) is 6.92 Å². The summed E-state index contributed by atoms with van der Waals surface area (Å²) < 4.78 is 7.18. The first kappa shape index (κ1) is 17.2. The first-order chi connectivity index (χ1) is 10.8. The van der Waals surface area contributed by atoms with Gasteiger partial charge in [-0.25, -0.2) is 4.98 Å². The maximum atomic E-state index is 5.88. The minimum absolute atomic E-state index is 0.428. The predicted molar refractivity (Wildman–Crippen MR) is 97.2 cm³/mol. The van der Waals surface area contributed by atoms with Crippen molar-refractivity contribution in [2.45, 2.75) is 59.7 Å². The van der Waals surface area contributed by atoms with E-state index in [0.29, 0.717) is 12.2 Å². The molecule has 4 rings (SSSR count). The van der Waals surface area contributed by atoms with E-state index < -0.39 is 0 Å². The summed E-state index contributed by atoms with van der Waals surface area (Å²) in [5.74, 6) is 0. The van der Waals surface area contributed by atoms with Crippen LogP contribution in [0.3, 0.4) is 0 Å². The number of thiazole rings is 1. The number of aryl methyl sites for hydroxylation is 1. The number of para-hydroxylation sites is 1. The zero-order valence-corrected chi connectivity index (χ0v) is 15.2. The molecule has 2 aliphatic heterocycles. The van der Waals surface area contributed by atoms with Crippen LogP contribution in [0.2, 0.25) is 0 Å². The number of benzene rings is 1. The molecule has 122 valence electrons. The zero-order valence-electron chi connectivity index (χ0n) is 14.4. The van der Waals surface area contributed by atoms with E-state index in [1.54, 1.807) is 0 Å². The van der Waals surface area contributed by atoms with E-state index in [1.165, 1.54) is 28.2 Å². The Balaban J connectivity index is 0.000000410. The molecule has 2 aliphatic rings. The van der Waals surface area contributed by atoms with Crippen molar-refractivity contribution >= 4 is 26.7 Å². The third-order valence-corrected chi connectivity index (χ3v) is 5.00. The molecule has 2 aromatic rings. The summed E-state index contributed by atoms with van der Waals surface area (Å²) in [4.78, 5) is 7.23. The Morgan fingerprint density at radius 3 is 2.32 bits per heavy atom. The fourth-order valence-corrected chi connectivity index (χ4v) is 4.04. The molecule has 0 N–H and O–H groups in total. The number of hydrogen-bond acceptors (Lipinski definition) is 4. The van der Waals surface area contributed by atoms with E-state index in [0.717, 1.165) is 18.6 Å². The second kappa shape index (κ2) is 7.93. The first-order valence-electron chi connectivity index (χ1n) is 8.56. The van der Waals surface area contributed by atoms with Gasteiger partial charge in [0.25, 0.3) is 0 Å². The van der Waals surface area contributed by atoms with Crippen LogP contribution in [0.5, 0.6) is 0 Å². The van der Waals surface area contributed by atoms with Gasteiger partial charge < -0.3 is 9.64 Å². The number of anilines is 1. The van der Waals surface area contributed by atoms with Gasteiger partial charge in [0.1, 0.15) is 0 Å². The zero-order chi connectivity index (χ0) is 16.1. The van der Waals surface area contributed by atoms with Crippen LogP contribution in [0.4, 0.5) is 5.13 Å². The van der Waals surface area contributed by atoms with E-state index in [9.17, 15) is 0 Å². The van der Waals surface area contributed by atoms with Crippen LogP contribution in [-0.4, -0.2) is 30.3 Å². The van der Waals surface area contributed by atoms with Gasteiger partial charge in [0.15, 0.2) is 5.13 Å². The standard InChI is InChI=1S/C14H16N2OS.2C2H6/c1-9-3-2-4-12-13(9)15-14(18-12)16-7-10-5-6-11(8-16)17-10;2*1-2/h2-4,10-11H,5-8H2,1H3;2*1-2H3. The average molecular weight is 321 g/mol. The molecule has 22 heavy (non-hydrogen) atoms. The van der Waals surface area contributed by atoms with Crippen molar-refractivity contribution in [1.82, 2.24) is 4.98 Å². The van der Waals surface area contributed by atoms with E-state index >= 15 is 0 Å². The maximum Gasteiger partial charge on any atom is 0.186 e. The van der Waals surface area contributed by atoms with Crippen molar-refractivity contribution in [1.29, 1.82) is 0 Å². The molecule has 0 spiro atoms. The van der Waals surface area contributed by atoms with Crippen molar-refractivity contribution in [2.75, 3.05) is 18.0 Å². The van der Waals surface area contributed by atoms with Gasteiger partial charge in [0.05, 0.1) is 22.4 Å². The van der Waals surface area contributed by atoms with E-state index in [-0.39, 0.29) is 0 Å². The normalized spacial score (nSPS) is 22.7. The Morgan fingerprint density at radius 1 is 1.09 bits per heavy atom. The molecule has 0 aliphatic carbocycles. The molecule has 2 bridgehead atoms. The fraction of sp³-hybridized carbons (Fsp3) is 0.611. The highest BCUT2D eigenvalue weighted by Crippen LogP contribution is 2.34. The minimum atomic E-state index is 0.428. The van der Waals surface area contributed by atoms with Gasteiger partial charge in [-0.15, -0.1) is 0 Å². The molecule has 2 atom stereocenters. The molecular formula is C18H28N2OS. The summed E-state index contributed by atoms with van der Waals surface area (Å²) in [6, 6.07) is 6.41. The van der Waals surface area contributed by atoms with Gasteiger partial charge in [-0.3, -0.25) is 0 Å². The van der Waals surface area contributed by atoms with Crippen molar-refractivity contribution < 1.29 is 4.74 Å². The number of nitrogens with zero attached hydrogens (tertiary/aromatic N) is 2. The monoisotopic (exact) mass is 320 g/mol. The van der Waals surface area contributed by atoms with Crippen molar-refractivity contribution in [2.24, 2.45) is 0 Å². The smallest absolute Gasteiger partial charge is 0.186 e. The van der Waals surface area contributed by atoms with Gasteiger partial charge in [-0.2, -0.15) is 0 Å². The molecule has 3 nitrogen and oxygen atoms in total. The fourth-order valence-electron chi connectivity index (χ4n) is 2.98. The average Bonchev–Trinajstić information content (AvgIpc) is 3.15. The summed E-state index contributed by atoms with van der Waals surface area (Å²) in [6.07, 6.45) is 3.28. The molecule has 4 heteroatoms. The highest BCUT2D eigenvalue weighted by molar-refractivity contribution is 7.22. The highest BCUT2D eigenvalue weighted by Gasteiger charge is 2.34. The predicted octanol–water partition coefficient (Wildman–Crippen LogP) is 5.02. The summed E-state index contributed by atoms with van der Waals surface area (Å²) in [7, 11) is 0. The summed E-state index contributed by atoms with van der Waals surface area (Å²) >= 11 is 1.81. The molecular weight excluding hydrogens is 292 g/mol. The first-order valence-corrected chi connectivity index (χ1v) is 9.38. The van der Waals surface area contributed by atoms with Crippen LogP contribution < -0.4 is 4.90 Å². The molecule has 1 aromatic carbocycles. The van der Waals surface area contributed by atoms with E-state index in [2.05, 4.69) is 30.0 Å². The van der Waals surface area contributed by atoms with Crippen molar-refractivity contribution in [3.8, 4) is 0 Å². The Hall–Kier alpha value is -1.13. The molecule has 2 saturated heterocycles. The Kier molecular flexibility index (Phi) is 6.21. The molecule has 0 saturated carbocycles. The third kappa shape index (κ3) is 3.44. The SMILES string of the molecule is CC.CC.Cc1cccc2sc(N3CC4CCC(C3)O4)nc12. The van der Waals surface area contributed by atoms with Crippen LogP contribution in [-0.2, 0) is 4.74 Å². The molecule has 0 radical (unpaired) electrons. The number of rotatable bonds is 1. The van der Waals surface area contributed by atoms with Crippen LogP contribution in [0.1, 0.15) is 46.1 Å². The van der Waals surface area contributed by atoms with Gasteiger partial charge >= 0.3 is 0 Å². The lowest BCUT2D eigenvalue weighted by Crippen LogP contribution is -2.42. The van der Waals surface area contributed by atoms with E-state index in [4.69, 9.17) is 9.72 Å². The highest BCUT2D eigenvalue weighted by atomic mass is 32.1. The number of hydrogen-bond donors (Lipinski definition) is 0. The number of ether oxygens (including phenoxy) is 1. The van der Waals surface area contributed by atoms with Crippen molar-refractivity contribution in [3.63, 3.8) is 0 Å². The Labute approximate surface area is 138 Å². The lowest BCUT2D eigenvalue weighted by molar-refractivity contribution is 0.0305. The molecule has 2 fully saturated rings. The number of aromatic nitrogens is 1. The van der Waals surface area contributed by atoms with Crippen LogP contribution in [0.15, 0.2) is 18.2 Å². The van der Waals surface area contributed by atoms with Gasteiger partial charge in [0, 0.05) is 13.1 Å². The molecule has 1 aromatic heterocycles. The van der Waals surface area contributed by atoms with Gasteiger partial charge in [-0.1, -0.05) is 51.2 Å². The topological polar surface area (TPSA) is 25.4 Å². The largest absolute Gasteiger partial charge is 0.371 e.